The number of benzene rings is 4. The third kappa shape index (κ3) is 7.81. The van der Waals surface area contributed by atoms with Gasteiger partial charge in [-0.1, -0.05) is 48.0 Å². The van der Waals surface area contributed by atoms with Crippen LogP contribution in [0.15, 0.2) is 99.4 Å². The molecule has 0 aliphatic carbocycles. The topological polar surface area (TPSA) is 116 Å². The van der Waals surface area contributed by atoms with Crippen LogP contribution in [0.3, 0.4) is 0 Å². The Bertz CT molecular complexity index is 1750. The zero-order chi connectivity index (χ0) is 31.7. The van der Waals surface area contributed by atoms with Gasteiger partial charge in [0.2, 0.25) is 0 Å². The lowest BCUT2D eigenvalue weighted by molar-refractivity contribution is -0.119. The second-order valence-corrected chi connectivity index (χ2v) is 12.2. The molecule has 0 spiro atoms. The zero-order valence-electron chi connectivity index (χ0n) is 24.0. The standard InChI is InChI=1S/C31H29BrClN3O7S/c1-40-27-14-13-23(17-28(27)41-2)36(44(38,39)24-10-5-4-6-11-24)19-30(37)35-34-18-21-15-25(32)31(29(16-21)42-3)43-20-22-9-7-8-12-26(22)33/h4-18H,19-20H2,1-3H3,(H,35,37)/b34-18-. The quantitative estimate of drug-likeness (QED) is 0.133. The fourth-order valence-corrected chi connectivity index (χ4v) is 6.28. The first-order valence-electron chi connectivity index (χ1n) is 13.0. The van der Waals surface area contributed by atoms with Crippen molar-refractivity contribution in [1.82, 2.24) is 5.43 Å². The van der Waals surface area contributed by atoms with Crippen molar-refractivity contribution < 1.29 is 32.2 Å². The maximum Gasteiger partial charge on any atom is 0.264 e. The van der Waals surface area contributed by atoms with Gasteiger partial charge in [-0.3, -0.25) is 9.10 Å². The summed E-state index contributed by atoms with van der Waals surface area (Å²) in [5, 5.41) is 4.62. The molecule has 0 heterocycles. The number of sulfonamides is 1. The number of hydrogen-bond donors (Lipinski definition) is 1. The third-order valence-electron chi connectivity index (χ3n) is 6.26. The Kier molecular flexibility index (Phi) is 11.1. The predicted molar refractivity (Wildman–Crippen MR) is 173 cm³/mol. The van der Waals surface area contributed by atoms with Crippen LogP contribution in [0, 0.1) is 0 Å². The Morgan fingerprint density at radius 3 is 2.27 bits per heavy atom. The van der Waals surface area contributed by atoms with E-state index in [1.165, 1.54) is 51.8 Å². The molecule has 4 aromatic rings. The molecule has 0 aromatic heterocycles. The molecule has 44 heavy (non-hydrogen) atoms. The highest BCUT2D eigenvalue weighted by molar-refractivity contribution is 9.10. The molecule has 0 unspecified atom stereocenters. The molecule has 0 radical (unpaired) electrons. The molecule has 1 N–H and O–H groups in total. The smallest absolute Gasteiger partial charge is 0.264 e. The number of anilines is 1. The highest BCUT2D eigenvalue weighted by Crippen LogP contribution is 2.37. The van der Waals surface area contributed by atoms with Gasteiger partial charge in [0.05, 0.1) is 42.6 Å². The number of carbonyl (C=O) groups is 1. The van der Waals surface area contributed by atoms with E-state index in [9.17, 15) is 13.2 Å². The van der Waals surface area contributed by atoms with E-state index in [1.54, 1.807) is 42.5 Å². The summed E-state index contributed by atoms with van der Waals surface area (Å²) in [5.74, 6) is 0.916. The first-order valence-corrected chi connectivity index (χ1v) is 15.6. The fourth-order valence-electron chi connectivity index (χ4n) is 4.08. The molecule has 10 nitrogen and oxygen atoms in total. The monoisotopic (exact) mass is 701 g/mol. The summed E-state index contributed by atoms with van der Waals surface area (Å²) in [6, 6.07) is 23.1. The first kappa shape index (κ1) is 32.6. The zero-order valence-corrected chi connectivity index (χ0v) is 27.1. The number of rotatable bonds is 13. The summed E-state index contributed by atoms with van der Waals surface area (Å²) in [6.45, 7) is -0.341. The van der Waals surface area contributed by atoms with E-state index in [-0.39, 0.29) is 17.2 Å². The molecule has 230 valence electrons. The van der Waals surface area contributed by atoms with Crippen molar-refractivity contribution in [2.24, 2.45) is 5.10 Å². The second kappa shape index (κ2) is 15.0. The number of nitrogens with one attached hydrogen (secondary N) is 1. The van der Waals surface area contributed by atoms with Gasteiger partial charge in [-0.2, -0.15) is 5.10 Å². The lowest BCUT2D eigenvalue weighted by Crippen LogP contribution is -2.39. The van der Waals surface area contributed by atoms with Crippen molar-refractivity contribution in [2.75, 3.05) is 32.2 Å². The number of amides is 1. The van der Waals surface area contributed by atoms with Crippen LogP contribution in [0.4, 0.5) is 5.69 Å². The summed E-state index contributed by atoms with van der Waals surface area (Å²) in [5.41, 5.74) is 3.99. The lowest BCUT2D eigenvalue weighted by Gasteiger charge is -2.24. The number of methoxy groups -OCH3 is 3. The van der Waals surface area contributed by atoms with Crippen LogP contribution in [0.5, 0.6) is 23.0 Å². The minimum absolute atomic E-state index is 0.0138. The van der Waals surface area contributed by atoms with Crippen molar-refractivity contribution in [3.8, 4) is 23.0 Å². The van der Waals surface area contributed by atoms with E-state index in [4.69, 9.17) is 30.5 Å². The molecule has 4 aromatic carbocycles. The number of hydrogen-bond acceptors (Lipinski definition) is 8. The first-order chi connectivity index (χ1) is 21.2. The lowest BCUT2D eigenvalue weighted by atomic mass is 10.2. The van der Waals surface area contributed by atoms with Gasteiger partial charge in [-0.05, 0) is 64.0 Å². The largest absolute Gasteiger partial charge is 0.493 e. The average molecular weight is 703 g/mol. The minimum atomic E-state index is -4.14. The van der Waals surface area contributed by atoms with Gasteiger partial charge in [0.15, 0.2) is 23.0 Å². The highest BCUT2D eigenvalue weighted by Gasteiger charge is 2.28. The maximum absolute atomic E-state index is 13.6. The van der Waals surface area contributed by atoms with Gasteiger partial charge >= 0.3 is 0 Å². The van der Waals surface area contributed by atoms with Crippen LogP contribution in [0.2, 0.25) is 5.02 Å². The Labute approximate surface area is 269 Å². The highest BCUT2D eigenvalue weighted by atomic mass is 79.9. The molecule has 4 rings (SSSR count). The van der Waals surface area contributed by atoms with Crippen molar-refractivity contribution in [2.45, 2.75) is 11.5 Å². The molecule has 0 saturated carbocycles. The SMILES string of the molecule is COc1ccc(N(CC(=O)N/N=C\c2cc(Br)c(OCc3ccccc3Cl)c(OC)c2)S(=O)(=O)c2ccccc2)cc1OC. The van der Waals surface area contributed by atoms with Gasteiger partial charge in [-0.15, -0.1) is 0 Å². The normalized spacial score (nSPS) is 11.2. The Balaban J connectivity index is 1.52. The van der Waals surface area contributed by atoms with Gasteiger partial charge in [0.25, 0.3) is 15.9 Å². The maximum atomic E-state index is 13.6. The van der Waals surface area contributed by atoms with E-state index in [2.05, 4.69) is 26.5 Å². The average Bonchev–Trinajstić information content (AvgIpc) is 3.03. The summed E-state index contributed by atoms with van der Waals surface area (Å²) >= 11 is 9.73. The molecule has 0 saturated heterocycles. The van der Waals surface area contributed by atoms with Gasteiger partial charge in [-0.25, -0.2) is 13.8 Å². The van der Waals surface area contributed by atoms with E-state index in [0.29, 0.717) is 38.1 Å². The second-order valence-electron chi connectivity index (χ2n) is 9.07. The molecular formula is C31H29BrClN3O7S. The summed E-state index contributed by atoms with van der Waals surface area (Å²) in [7, 11) is 0.267. The Hall–Kier alpha value is -4.26. The Morgan fingerprint density at radius 2 is 1.59 bits per heavy atom. The predicted octanol–water partition coefficient (Wildman–Crippen LogP) is 6.05. The van der Waals surface area contributed by atoms with Crippen molar-refractivity contribution >= 4 is 55.4 Å². The van der Waals surface area contributed by atoms with E-state index in [1.807, 2.05) is 18.2 Å². The van der Waals surface area contributed by atoms with E-state index >= 15 is 0 Å². The molecule has 0 bridgehead atoms. The molecule has 0 aliphatic rings. The van der Waals surface area contributed by atoms with Gasteiger partial charge < -0.3 is 18.9 Å². The van der Waals surface area contributed by atoms with E-state index in [0.717, 1.165) is 9.87 Å². The summed E-state index contributed by atoms with van der Waals surface area (Å²) < 4.78 is 50.9. The molecular weight excluding hydrogens is 674 g/mol. The fraction of sp³-hybridized carbons (Fsp3) is 0.161. The van der Waals surface area contributed by atoms with Crippen LogP contribution in [-0.2, 0) is 21.4 Å². The summed E-state index contributed by atoms with van der Waals surface area (Å²) in [4.78, 5) is 13.0. The molecule has 0 atom stereocenters. The molecule has 1 amide bonds. The number of hydrazone groups is 1. The van der Waals surface area contributed by atoms with E-state index < -0.39 is 22.5 Å². The number of ether oxygens (including phenoxy) is 4. The van der Waals surface area contributed by atoms with Crippen molar-refractivity contribution in [3.05, 3.63) is 106 Å². The summed E-state index contributed by atoms with van der Waals surface area (Å²) in [6.07, 6.45) is 1.40. The minimum Gasteiger partial charge on any atom is -0.493 e. The Morgan fingerprint density at radius 1 is 0.909 bits per heavy atom. The molecule has 0 aliphatic heterocycles. The van der Waals surface area contributed by atoms with Gasteiger partial charge in [0.1, 0.15) is 13.2 Å². The number of carbonyl (C=O) groups excluding carboxylic acids is 1. The molecule has 13 heteroatoms. The van der Waals surface area contributed by atoms with Crippen LogP contribution < -0.4 is 28.7 Å². The van der Waals surface area contributed by atoms with Crippen LogP contribution in [-0.4, -0.2) is 48.4 Å². The third-order valence-corrected chi connectivity index (χ3v) is 9.00. The van der Waals surface area contributed by atoms with Crippen LogP contribution >= 0.6 is 27.5 Å². The number of halogens is 2. The molecule has 0 fully saturated rings. The number of nitrogens with zero attached hydrogens (tertiary/aromatic N) is 2. The van der Waals surface area contributed by atoms with Crippen molar-refractivity contribution in [1.29, 1.82) is 0 Å². The van der Waals surface area contributed by atoms with Crippen molar-refractivity contribution in [3.63, 3.8) is 0 Å². The van der Waals surface area contributed by atoms with Crippen LogP contribution in [0.1, 0.15) is 11.1 Å². The van der Waals surface area contributed by atoms with Crippen LogP contribution in [0.25, 0.3) is 0 Å². The van der Waals surface area contributed by atoms with Gasteiger partial charge in [0, 0.05) is 16.7 Å².